The van der Waals surface area contributed by atoms with Gasteiger partial charge in [-0.25, -0.2) is 4.98 Å². The molecular formula is C21H19N7O. The van der Waals surface area contributed by atoms with Crippen molar-refractivity contribution in [2.45, 2.75) is 20.1 Å². The molecule has 4 aromatic rings. The van der Waals surface area contributed by atoms with Gasteiger partial charge in [0, 0.05) is 19.7 Å². The molecule has 0 saturated carbocycles. The minimum Gasteiger partial charge on any atom is -0.377 e. The molecule has 0 spiro atoms. The second-order valence-corrected chi connectivity index (χ2v) is 6.98. The molecule has 0 saturated heterocycles. The molecule has 29 heavy (non-hydrogen) atoms. The third-order valence-electron chi connectivity index (χ3n) is 5.06. The first kappa shape index (κ1) is 17.4. The lowest BCUT2D eigenvalue weighted by molar-refractivity contribution is 0.174. The maximum atomic E-state index is 5.33. The van der Waals surface area contributed by atoms with E-state index < -0.39 is 0 Å². The van der Waals surface area contributed by atoms with Crippen molar-refractivity contribution < 1.29 is 4.74 Å². The Morgan fingerprint density at radius 2 is 2.07 bits per heavy atom. The van der Waals surface area contributed by atoms with Crippen molar-refractivity contribution in [3.63, 3.8) is 0 Å². The van der Waals surface area contributed by atoms with Crippen molar-refractivity contribution in [3.8, 4) is 28.9 Å². The maximum Gasteiger partial charge on any atom is 0.166 e. The van der Waals surface area contributed by atoms with Crippen molar-refractivity contribution in [2.24, 2.45) is 7.05 Å². The fourth-order valence-corrected chi connectivity index (χ4v) is 3.58. The van der Waals surface area contributed by atoms with E-state index in [2.05, 4.69) is 66.4 Å². The van der Waals surface area contributed by atoms with Gasteiger partial charge < -0.3 is 9.30 Å². The van der Waals surface area contributed by atoms with E-state index in [0.717, 1.165) is 45.5 Å². The predicted molar refractivity (Wildman–Crippen MR) is 106 cm³/mol. The average Bonchev–Trinajstić information content (AvgIpc) is 3.39. The third-order valence-corrected chi connectivity index (χ3v) is 5.06. The summed E-state index contributed by atoms with van der Waals surface area (Å²) in [5, 5.41) is 13.0. The van der Waals surface area contributed by atoms with E-state index in [0.29, 0.717) is 13.2 Å². The molecule has 5 rings (SSSR count). The first-order valence-corrected chi connectivity index (χ1v) is 9.24. The van der Waals surface area contributed by atoms with Crippen LogP contribution in [0.5, 0.6) is 0 Å². The molecule has 1 aliphatic rings. The number of methoxy groups -OCH3 is 1. The summed E-state index contributed by atoms with van der Waals surface area (Å²) in [5.74, 6) is 7.98. The van der Waals surface area contributed by atoms with Gasteiger partial charge in [0.1, 0.15) is 24.3 Å². The van der Waals surface area contributed by atoms with Gasteiger partial charge in [-0.05, 0) is 37.0 Å². The monoisotopic (exact) mass is 385 g/mol. The van der Waals surface area contributed by atoms with Crippen LogP contribution in [-0.2, 0) is 24.9 Å². The van der Waals surface area contributed by atoms with E-state index in [1.54, 1.807) is 18.0 Å². The van der Waals surface area contributed by atoms with Gasteiger partial charge in [0.15, 0.2) is 11.6 Å². The summed E-state index contributed by atoms with van der Waals surface area (Å²) >= 11 is 0. The Bertz CT molecular complexity index is 1280. The molecule has 8 heteroatoms. The molecular weight excluding hydrogens is 366 g/mol. The van der Waals surface area contributed by atoms with Crippen molar-refractivity contribution in [3.05, 3.63) is 65.3 Å². The summed E-state index contributed by atoms with van der Waals surface area (Å²) in [6.07, 6.45) is 3.56. The highest BCUT2D eigenvalue weighted by molar-refractivity contribution is 5.70. The van der Waals surface area contributed by atoms with Gasteiger partial charge in [-0.3, -0.25) is 9.25 Å². The minimum absolute atomic E-state index is 0.387. The number of nitrogens with zero attached hydrogens (tertiary/aromatic N) is 7. The summed E-state index contributed by atoms with van der Waals surface area (Å²) in [5.41, 5.74) is 5.74. The molecule has 0 fully saturated rings. The lowest BCUT2D eigenvalue weighted by Gasteiger charge is -2.08. The SMILES string of the molecule is COCc1nnc2n1Cc1c(C#Cc3ccnn3C)ncn1-c1ccc(C)cc1-2. The van der Waals surface area contributed by atoms with Gasteiger partial charge in [-0.15, -0.1) is 10.2 Å². The van der Waals surface area contributed by atoms with E-state index in [-0.39, 0.29) is 0 Å². The second kappa shape index (κ2) is 6.72. The minimum atomic E-state index is 0.387. The summed E-state index contributed by atoms with van der Waals surface area (Å²) in [4.78, 5) is 4.60. The molecule has 8 nitrogen and oxygen atoms in total. The zero-order chi connectivity index (χ0) is 20.0. The van der Waals surface area contributed by atoms with Crippen LogP contribution < -0.4 is 0 Å². The lowest BCUT2D eigenvalue weighted by atomic mass is 10.1. The van der Waals surface area contributed by atoms with Gasteiger partial charge >= 0.3 is 0 Å². The number of aromatic nitrogens is 7. The average molecular weight is 385 g/mol. The van der Waals surface area contributed by atoms with Crippen LogP contribution in [0, 0.1) is 18.8 Å². The van der Waals surface area contributed by atoms with Gasteiger partial charge in [0.2, 0.25) is 0 Å². The smallest absolute Gasteiger partial charge is 0.166 e. The van der Waals surface area contributed by atoms with Crippen LogP contribution in [0.2, 0.25) is 0 Å². The topological polar surface area (TPSA) is 75.6 Å². The third kappa shape index (κ3) is 2.83. The van der Waals surface area contributed by atoms with Crippen LogP contribution in [0.1, 0.15) is 28.5 Å². The number of hydrogen-bond acceptors (Lipinski definition) is 5. The Labute approximate surface area is 167 Å². The number of aryl methyl sites for hydroxylation is 2. The first-order chi connectivity index (χ1) is 14.2. The molecule has 0 atom stereocenters. The molecule has 0 aliphatic carbocycles. The molecule has 1 aromatic carbocycles. The standard InChI is InChI=1S/C21H19N7O/c1-14-4-7-18-16(10-14)21-25-24-20(12-29-3)27(21)11-19-17(22-13-28(18)19)6-5-15-8-9-23-26(15)2/h4,7-10,13H,11-12H2,1-3H3. The zero-order valence-electron chi connectivity index (χ0n) is 16.4. The fraction of sp³-hybridized carbons (Fsp3) is 0.238. The van der Waals surface area contributed by atoms with Crippen LogP contribution >= 0.6 is 0 Å². The summed E-state index contributed by atoms with van der Waals surface area (Å²) in [7, 11) is 3.53. The zero-order valence-corrected chi connectivity index (χ0v) is 16.4. The molecule has 0 N–H and O–H groups in total. The van der Waals surface area contributed by atoms with Crippen LogP contribution in [-0.4, -0.2) is 41.2 Å². The van der Waals surface area contributed by atoms with E-state index in [4.69, 9.17) is 4.74 Å². The summed E-state index contributed by atoms with van der Waals surface area (Å²) < 4.78 is 11.2. The van der Waals surface area contributed by atoms with Crippen molar-refractivity contribution >= 4 is 0 Å². The van der Waals surface area contributed by atoms with Gasteiger partial charge in [0.05, 0.1) is 24.1 Å². The van der Waals surface area contributed by atoms with E-state index in [1.165, 1.54) is 0 Å². The Morgan fingerprint density at radius 1 is 1.17 bits per heavy atom. The highest BCUT2D eigenvalue weighted by atomic mass is 16.5. The Balaban J connectivity index is 1.71. The number of imidazole rings is 1. The van der Waals surface area contributed by atoms with E-state index in [1.807, 2.05) is 19.4 Å². The van der Waals surface area contributed by atoms with Crippen molar-refractivity contribution in [1.82, 2.24) is 34.1 Å². The van der Waals surface area contributed by atoms with Gasteiger partial charge in [-0.2, -0.15) is 5.10 Å². The highest BCUT2D eigenvalue weighted by Crippen LogP contribution is 2.32. The number of benzene rings is 1. The largest absolute Gasteiger partial charge is 0.377 e. The van der Waals surface area contributed by atoms with Gasteiger partial charge in [-0.1, -0.05) is 11.6 Å². The van der Waals surface area contributed by atoms with E-state index in [9.17, 15) is 0 Å². The molecule has 0 bridgehead atoms. The van der Waals surface area contributed by atoms with Gasteiger partial charge in [0.25, 0.3) is 0 Å². The second-order valence-electron chi connectivity index (χ2n) is 6.98. The van der Waals surface area contributed by atoms with Crippen molar-refractivity contribution in [2.75, 3.05) is 7.11 Å². The molecule has 1 aliphatic heterocycles. The van der Waals surface area contributed by atoms with Crippen LogP contribution in [0.3, 0.4) is 0 Å². The first-order valence-electron chi connectivity index (χ1n) is 9.24. The Hall–Kier alpha value is -3.70. The van der Waals surface area contributed by atoms with Crippen LogP contribution in [0.25, 0.3) is 17.1 Å². The number of ether oxygens (including phenoxy) is 1. The summed E-state index contributed by atoms with van der Waals surface area (Å²) in [6.45, 7) is 3.02. The van der Waals surface area contributed by atoms with Crippen LogP contribution in [0.15, 0.2) is 36.8 Å². The number of hydrogen-bond donors (Lipinski definition) is 0. The summed E-state index contributed by atoms with van der Waals surface area (Å²) in [6, 6.07) is 8.19. The molecule has 144 valence electrons. The highest BCUT2D eigenvalue weighted by Gasteiger charge is 2.25. The molecule has 3 aromatic heterocycles. The predicted octanol–water partition coefficient (Wildman–Crippen LogP) is 2.08. The normalized spacial score (nSPS) is 11.8. The fourth-order valence-electron chi connectivity index (χ4n) is 3.58. The quantitative estimate of drug-likeness (QED) is 0.435. The Kier molecular flexibility index (Phi) is 4.03. The Morgan fingerprint density at radius 3 is 2.86 bits per heavy atom. The molecule has 0 amide bonds. The maximum absolute atomic E-state index is 5.33. The van der Waals surface area contributed by atoms with Crippen LogP contribution in [0.4, 0.5) is 0 Å². The lowest BCUT2D eigenvalue weighted by Crippen LogP contribution is -2.09. The van der Waals surface area contributed by atoms with E-state index >= 15 is 0 Å². The molecule has 0 unspecified atom stereocenters. The molecule has 4 heterocycles. The number of fused-ring (bicyclic) bond motifs is 5. The molecule has 0 radical (unpaired) electrons. The van der Waals surface area contributed by atoms with Crippen molar-refractivity contribution in [1.29, 1.82) is 0 Å². The number of rotatable bonds is 2.